The van der Waals surface area contributed by atoms with Gasteiger partial charge in [0.25, 0.3) is 11.8 Å². The number of fused-ring (bicyclic) bond motifs is 1. The molecule has 1 fully saturated rings. The van der Waals surface area contributed by atoms with E-state index in [9.17, 15) is 18.0 Å². The van der Waals surface area contributed by atoms with Gasteiger partial charge >= 0.3 is 0 Å². The highest BCUT2D eigenvalue weighted by Gasteiger charge is 2.31. The highest BCUT2D eigenvalue weighted by atomic mass is 32.2. The van der Waals surface area contributed by atoms with Crippen LogP contribution in [0.25, 0.3) is 0 Å². The summed E-state index contributed by atoms with van der Waals surface area (Å²) in [6.45, 7) is 7.26. The van der Waals surface area contributed by atoms with Gasteiger partial charge in [0.2, 0.25) is 10.0 Å². The summed E-state index contributed by atoms with van der Waals surface area (Å²) in [5.74, 6) is -0.518. The van der Waals surface area contributed by atoms with E-state index >= 15 is 0 Å². The van der Waals surface area contributed by atoms with Crippen molar-refractivity contribution in [2.24, 2.45) is 0 Å². The lowest BCUT2D eigenvalue weighted by Crippen LogP contribution is -2.40. The molecule has 0 aliphatic carbocycles. The topological polar surface area (TPSA) is 99.3 Å². The molecule has 2 aromatic rings. The zero-order valence-corrected chi connectivity index (χ0v) is 22.2. The maximum Gasteiger partial charge on any atom is 0.256 e. The van der Waals surface area contributed by atoms with E-state index in [0.29, 0.717) is 48.5 Å². The highest BCUT2D eigenvalue weighted by Crippen LogP contribution is 2.38. The van der Waals surface area contributed by atoms with Crippen molar-refractivity contribution < 1.29 is 22.7 Å². The molecule has 1 saturated heterocycles. The van der Waals surface area contributed by atoms with Crippen LogP contribution in [0, 0.1) is 0 Å². The van der Waals surface area contributed by atoms with Gasteiger partial charge in [-0.2, -0.15) is 4.31 Å². The monoisotopic (exact) mass is 520 g/mol. The molecule has 0 atom stereocenters. The molecule has 2 amide bonds. The fourth-order valence-electron chi connectivity index (χ4n) is 4.29. The van der Waals surface area contributed by atoms with Crippen molar-refractivity contribution in [1.82, 2.24) is 14.1 Å². The van der Waals surface area contributed by atoms with Crippen LogP contribution < -0.4 is 5.32 Å². The first-order chi connectivity index (χ1) is 16.6. The summed E-state index contributed by atoms with van der Waals surface area (Å²) in [6.07, 6.45) is 0.753. The number of sulfonamides is 1. The molecule has 0 unspecified atom stereocenters. The summed E-state index contributed by atoms with van der Waals surface area (Å²) in [5, 5.41) is 3.46. The van der Waals surface area contributed by atoms with Gasteiger partial charge < -0.3 is 15.0 Å². The van der Waals surface area contributed by atoms with Crippen LogP contribution in [0.4, 0.5) is 5.00 Å². The molecule has 1 N–H and O–H groups in total. The zero-order chi connectivity index (χ0) is 25.3. The van der Waals surface area contributed by atoms with Gasteiger partial charge in [-0.1, -0.05) is 0 Å². The number of carbonyl (C=O) groups excluding carboxylic acids is 2. The predicted molar refractivity (Wildman–Crippen MR) is 136 cm³/mol. The van der Waals surface area contributed by atoms with Crippen LogP contribution in [0.1, 0.15) is 45.0 Å². The third kappa shape index (κ3) is 5.29. The van der Waals surface area contributed by atoms with E-state index in [2.05, 4.69) is 24.1 Å². The van der Waals surface area contributed by atoms with Crippen molar-refractivity contribution in [2.75, 3.05) is 52.3 Å². The normalized spacial score (nSPS) is 17.3. The molecule has 190 valence electrons. The number of thiophene rings is 1. The van der Waals surface area contributed by atoms with Crippen LogP contribution in [-0.4, -0.2) is 87.3 Å². The molecule has 2 aliphatic rings. The Kier molecular flexibility index (Phi) is 7.62. The van der Waals surface area contributed by atoms with Crippen LogP contribution in [0.15, 0.2) is 29.2 Å². The largest absolute Gasteiger partial charge is 0.379 e. The standard InChI is InChI=1S/C24H32N4O5S2/c1-16(2)27-10-9-19-20(15-27)34-23(21(19)24(30)26(3)4)25-22(29)17-5-7-18(8-6-17)35(31,32)28-11-13-33-14-12-28/h5-8,16H,9-15H2,1-4H3,(H,25,29). The van der Waals surface area contributed by atoms with Crippen molar-refractivity contribution >= 4 is 38.2 Å². The lowest BCUT2D eigenvalue weighted by molar-refractivity contribution is 0.0730. The number of ether oxygens (including phenoxy) is 1. The number of nitrogens with one attached hydrogen (secondary N) is 1. The molecule has 1 aromatic carbocycles. The minimum absolute atomic E-state index is 0.136. The zero-order valence-electron chi connectivity index (χ0n) is 20.5. The van der Waals surface area contributed by atoms with Crippen molar-refractivity contribution in [3.8, 4) is 0 Å². The Balaban J connectivity index is 1.57. The predicted octanol–water partition coefficient (Wildman–Crippen LogP) is 2.49. The Morgan fingerprint density at radius 2 is 1.74 bits per heavy atom. The van der Waals surface area contributed by atoms with E-state index in [1.54, 1.807) is 14.1 Å². The number of amides is 2. The van der Waals surface area contributed by atoms with Crippen molar-refractivity contribution in [1.29, 1.82) is 0 Å². The number of anilines is 1. The van der Waals surface area contributed by atoms with Crippen molar-refractivity contribution in [2.45, 2.75) is 37.8 Å². The first-order valence-corrected chi connectivity index (χ1v) is 13.9. The summed E-state index contributed by atoms with van der Waals surface area (Å²) in [4.78, 5) is 31.2. The van der Waals surface area contributed by atoms with Gasteiger partial charge in [0.05, 0.1) is 23.7 Å². The molecule has 4 rings (SSSR count). The Bertz CT molecular complexity index is 1200. The molecule has 11 heteroatoms. The molecule has 0 radical (unpaired) electrons. The second kappa shape index (κ2) is 10.4. The number of rotatable bonds is 6. The third-order valence-electron chi connectivity index (χ3n) is 6.39. The van der Waals surface area contributed by atoms with Gasteiger partial charge in [0.1, 0.15) is 5.00 Å². The smallest absolute Gasteiger partial charge is 0.256 e. The quantitative estimate of drug-likeness (QED) is 0.628. The lowest BCUT2D eigenvalue weighted by atomic mass is 10.0. The van der Waals surface area contributed by atoms with Crippen LogP contribution in [0.2, 0.25) is 0 Å². The van der Waals surface area contributed by atoms with E-state index in [0.717, 1.165) is 30.0 Å². The molecule has 1 aromatic heterocycles. The van der Waals surface area contributed by atoms with Gasteiger partial charge in [-0.15, -0.1) is 11.3 Å². The number of nitrogens with zero attached hydrogens (tertiary/aromatic N) is 3. The number of hydrogen-bond donors (Lipinski definition) is 1. The van der Waals surface area contributed by atoms with Crippen molar-refractivity contribution in [3.63, 3.8) is 0 Å². The molecule has 3 heterocycles. The molecular formula is C24H32N4O5S2. The summed E-state index contributed by atoms with van der Waals surface area (Å²) in [5.41, 5.74) is 1.88. The van der Waals surface area contributed by atoms with Gasteiger partial charge in [-0.25, -0.2) is 8.42 Å². The summed E-state index contributed by atoms with van der Waals surface area (Å²) in [7, 11) is -0.230. The van der Waals surface area contributed by atoms with Gasteiger partial charge in [-0.05, 0) is 50.1 Å². The fourth-order valence-corrected chi connectivity index (χ4v) is 6.96. The molecule has 2 aliphatic heterocycles. The van der Waals surface area contributed by atoms with Crippen molar-refractivity contribution in [3.05, 3.63) is 45.8 Å². The number of carbonyl (C=O) groups is 2. The van der Waals surface area contributed by atoms with Gasteiger partial charge in [-0.3, -0.25) is 14.5 Å². The van der Waals surface area contributed by atoms with Crippen LogP contribution in [0.5, 0.6) is 0 Å². The fraction of sp³-hybridized carbons (Fsp3) is 0.500. The van der Waals surface area contributed by atoms with E-state index in [1.165, 1.54) is 44.8 Å². The molecule has 0 spiro atoms. The lowest BCUT2D eigenvalue weighted by Gasteiger charge is -2.30. The minimum atomic E-state index is -3.64. The third-order valence-corrected chi connectivity index (χ3v) is 9.43. The summed E-state index contributed by atoms with van der Waals surface area (Å²) < 4.78 is 32.3. The Labute approximate surface area is 210 Å². The molecule has 9 nitrogen and oxygen atoms in total. The van der Waals surface area contributed by atoms with Crippen LogP contribution in [0.3, 0.4) is 0 Å². The SMILES string of the molecule is CC(C)N1CCc2c(sc(NC(=O)c3ccc(S(=O)(=O)N4CCOCC4)cc3)c2C(=O)N(C)C)C1. The van der Waals surface area contributed by atoms with E-state index in [-0.39, 0.29) is 16.7 Å². The van der Waals surface area contributed by atoms with Gasteiger partial charge in [0, 0.05) is 56.8 Å². The van der Waals surface area contributed by atoms with E-state index in [4.69, 9.17) is 4.74 Å². The maximum atomic E-state index is 13.1. The maximum absolute atomic E-state index is 13.1. The Hall–Kier alpha value is -2.31. The molecule has 35 heavy (non-hydrogen) atoms. The second-order valence-corrected chi connectivity index (χ2v) is 12.3. The second-order valence-electron chi connectivity index (χ2n) is 9.22. The minimum Gasteiger partial charge on any atom is -0.379 e. The Morgan fingerprint density at radius 1 is 1.09 bits per heavy atom. The summed E-state index contributed by atoms with van der Waals surface area (Å²) >= 11 is 1.44. The average Bonchev–Trinajstić information content (AvgIpc) is 3.20. The highest BCUT2D eigenvalue weighted by molar-refractivity contribution is 7.89. The molecular weight excluding hydrogens is 488 g/mol. The van der Waals surface area contributed by atoms with Crippen LogP contribution in [-0.2, 0) is 27.7 Å². The number of morpholine rings is 1. The van der Waals surface area contributed by atoms with Gasteiger partial charge in [0.15, 0.2) is 0 Å². The number of benzene rings is 1. The molecule has 0 bridgehead atoms. The van der Waals surface area contributed by atoms with E-state index < -0.39 is 10.0 Å². The number of hydrogen-bond acceptors (Lipinski definition) is 7. The average molecular weight is 521 g/mol. The first kappa shape index (κ1) is 25.8. The summed E-state index contributed by atoms with van der Waals surface area (Å²) in [6, 6.07) is 6.30. The molecule has 0 saturated carbocycles. The van der Waals surface area contributed by atoms with Crippen LogP contribution >= 0.6 is 11.3 Å². The Morgan fingerprint density at radius 3 is 2.34 bits per heavy atom. The van der Waals surface area contributed by atoms with E-state index in [1.807, 2.05) is 0 Å². The first-order valence-electron chi connectivity index (χ1n) is 11.7.